The predicted octanol–water partition coefficient (Wildman–Crippen LogP) is -1.54. The average molecular weight is 654 g/mol. The van der Waals surface area contributed by atoms with Crippen LogP contribution in [0.25, 0.3) is 10.9 Å². The molecule has 252 valence electrons. The SMILES string of the molecule is C[C@H](NC(=O)[C@H](Cc1c[nH]c2ccccc12)NC(=O)OCc1ccccc1)C(=O)N[C@@H](CO)C(=O)NCC(=O)N[C@H](CO)CC(N)=O. The lowest BCUT2D eigenvalue weighted by atomic mass is 10.0. The fourth-order valence-electron chi connectivity index (χ4n) is 4.48. The van der Waals surface area contributed by atoms with Crippen LogP contribution in [0.5, 0.6) is 0 Å². The van der Waals surface area contributed by atoms with Gasteiger partial charge >= 0.3 is 6.09 Å². The summed E-state index contributed by atoms with van der Waals surface area (Å²) in [5.41, 5.74) is 7.35. The number of aromatic nitrogens is 1. The Morgan fingerprint density at radius 1 is 0.830 bits per heavy atom. The van der Waals surface area contributed by atoms with Crippen LogP contribution in [0, 0.1) is 0 Å². The summed E-state index contributed by atoms with van der Waals surface area (Å²) in [7, 11) is 0. The van der Waals surface area contributed by atoms with E-state index >= 15 is 0 Å². The van der Waals surface area contributed by atoms with E-state index in [0.29, 0.717) is 0 Å². The summed E-state index contributed by atoms with van der Waals surface area (Å²) in [4.78, 5) is 77.7. The molecule has 0 saturated carbocycles. The molecule has 1 heterocycles. The molecule has 0 aliphatic rings. The molecule has 16 heteroatoms. The molecule has 3 aromatic rings. The highest BCUT2D eigenvalue weighted by atomic mass is 16.5. The Labute approximate surface area is 269 Å². The third-order valence-corrected chi connectivity index (χ3v) is 6.94. The Hall–Kier alpha value is -5.48. The van der Waals surface area contributed by atoms with Gasteiger partial charge in [0, 0.05) is 29.9 Å². The molecule has 0 saturated heterocycles. The molecule has 0 unspecified atom stereocenters. The molecule has 1 aromatic heterocycles. The van der Waals surface area contributed by atoms with Crippen LogP contribution in [0.2, 0.25) is 0 Å². The lowest BCUT2D eigenvalue weighted by molar-refractivity contribution is -0.133. The highest BCUT2D eigenvalue weighted by Crippen LogP contribution is 2.19. The predicted molar refractivity (Wildman–Crippen MR) is 168 cm³/mol. The number of carbonyl (C=O) groups excluding carboxylic acids is 6. The molecular formula is C31H39N7O9. The van der Waals surface area contributed by atoms with Crippen LogP contribution in [0.3, 0.4) is 0 Å². The molecule has 6 amide bonds. The lowest BCUT2D eigenvalue weighted by Gasteiger charge is -2.23. The number of fused-ring (bicyclic) bond motifs is 1. The van der Waals surface area contributed by atoms with Gasteiger partial charge in [-0.1, -0.05) is 48.5 Å². The van der Waals surface area contributed by atoms with E-state index in [1.165, 1.54) is 6.92 Å². The summed E-state index contributed by atoms with van der Waals surface area (Å²) in [6, 6.07) is 11.5. The Morgan fingerprint density at radius 2 is 1.53 bits per heavy atom. The number of ether oxygens (including phenoxy) is 1. The second-order valence-electron chi connectivity index (χ2n) is 10.6. The van der Waals surface area contributed by atoms with Gasteiger partial charge in [0.15, 0.2) is 0 Å². The highest BCUT2D eigenvalue weighted by molar-refractivity contribution is 5.95. The minimum atomic E-state index is -1.48. The quantitative estimate of drug-likeness (QED) is 0.0817. The van der Waals surface area contributed by atoms with E-state index in [9.17, 15) is 39.0 Å². The van der Waals surface area contributed by atoms with Gasteiger partial charge in [-0.3, -0.25) is 24.0 Å². The second kappa shape index (κ2) is 17.9. The van der Waals surface area contributed by atoms with Crippen LogP contribution < -0.4 is 32.3 Å². The van der Waals surface area contributed by atoms with E-state index in [1.807, 2.05) is 30.3 Å². The van der Waals surface area contributed by atoms with Gasteiger partial charge in [-0.25, -0.2) is 4.79 Å². The molecule has 10 N–H and O–H groups in total. The zero-order valence-corrected chi connectivity index (χ0v) is 25.7. The van der Waals surface area contributed by atoms with E-state index in [2.05, 4.69) is 31.6 Å². The summed E-state index contributed by atoms with van der Waals surface area (Å²) in [6.07, 6.45) is 0.587. The molecule has 2 aromatic carbocycles. The molecule has 0 fully saturated rings. The number of aliphatic hydroxyl groups is 2. The lowest BCUT2D eigenvalue weighted by Crippen LogP contribution is -2.57. The summed E-state index contributed by atoms with van der Waals surface area (Å²) < 4.78 is 5.29. The van der Waals surface area contributed by atoms with E-state index in [4.69, 9.17) is 10.5 Å². The largest absolute Gasteiger partial charge is 0.445 e. The van der Waals surface area contributed by atoms with E-state index in [-0.39, 0.29) is 19.4 Å². The first-order chi connectivity index (χ1) is 22.5. The van der Waals surface area contributed by atoms with Gasteiger partial charge in [0.2, 0.25) is 29.5 Å². The van der Waals surface area contributed by atoms with Crippen molar-refractivity contribution in [3.8, 4) is 0 Å². The number of primary amides is 1. The van der Waals surface area contributed by atoms with Crippen LogP contribution in [-0.4, -0.2) is 94.8 Å². The molecule has 0 aliphatic carbocycles. The third-order valence-electron chi connectivity index (χ3n) is 6.94. The summed E-state index contributed by atoms with van der Waals surface area (Å²) >= 11 is 0. The van der Waals surface area contributed by atoms with Crippen LogP contribution in [0.1, 0.15) is 24.5 Å². The number of amides is 6. The monoisotopic (exact) mass is 653 g/mol. The number of benzene rings is 2. The van der Waals surface area contributed by atoms with Crippen LogP contribution in [0.4, 0.5) is 4.79 Å². The number of aliphatic hydroxyl groups excluding tert-OH is 2. The van der Waals surface area contributed by atoms with Gasteiger partial charge in [0.1, 0.15) is 24.7 Å². The number of H-pyrrole nitrogens is 1. The van der Waals surface area contributed by atoms with Crippen LogP contribution in [0.15, 0.2) is 60.8 Å². The number of hydrogen-bond acceptors (Lipinski definition) is 9. The fraction of sp³-hybridized carbons (Fsp3) is 0.355. The second-order valence-corrected chi connectivity index (χ2v) is 10.6. The van der Waals surface area contributed by atoms with E-state index in [0.717, 1.165) is 22.0 Å². The zero-order valence-electron chi connectivity index (χ0n) is 25.7. The van der Waals surface area contributed by atoms with E-state index < -0.39 is 79.6 Å². The average Bonchev–Trinajstić information content (AvgIpc) is 3.47. The number of nitrogens with two attached hydrogens (primary N) is 1. The van der Waals surface area contributed by atoms with Gasteiger partial charge < -0.3 is 52.3 Å². The van der Waals surface area contributed by atoms with Crippen molar-refractivity contribution in [2.24, 2.45) is 5.73 Å². The Kier molecular flexibility index (Phi) is 13.7. The Balaban J connectivity index is 1.60. The minimum absolute atomic E-state index is 0.0332. The maximum Gasteiger partial charge on any atom is 0.408 e. The number of carbonyl (C=O) groups is 6. The fourth-order valence-corrected chi connectivity index (χ4v) is 4.48. The topological polar surface area (TPSA) is 254 Å². The van der Waals surface area contributed by atoms with E-state index in [1.54, 1.807) is 30.5 Å². The number of alkyl carbamates (subject to hydrolysis) is 1. The number of nitrogens with one attached hydrogen (secondary N) is 6. The van der Waals surface area contributed by atoms with Crippen molar-refractivity contribution in [3.63, 3.8) is 0 Å². The molecule has 16 nitrogen and oxygen atoms in total. The molecule has 47 heavy (non-hydrogen) atoms. The van der Waals surface area contributed by atoms with Gasteiger partial charge in [-0.2, -0.15) is 0 Å². The van der Waals surface area contributed by atoms with Crippen molar-refractivity contribution in [1.82, 2.24) is 31.6 Å². The third kappa shape index (κ3) is 11.4. The Bertz CT molecular complexity index is 1550. The number of hydrogen-bond donors (Lipinski definition) is 9. The maximum absolute atomic E-state index is 13.4. The standard InChI is InChI=1S/C31H39N7O9/c1-18(28(43)37-25(16-40)29(44)34-14-27(42)36-21(15-39)12-26(32)41)35-30(45)24(11-20-13-33-23-10-6-5-9-22(20)23)38-31(46)47-17-19-7-3-2-4-8-19/h2-10,13,18,21,24-25,33,39-40H,11-12,14-17H2,1H3,(H2,32,41)(H,34,44)(H,35,45)(H,36,42)(H,37,43)(H,38,46)/t18-,21-,24-,25-/m0/s1. The highest BCUT2D eigenvalue weighted by Gasteiger charge is 2.28. The Morgan fingerprint density at radius 3 is 2.21 bits per heavy atom. The van der Waals surface area contributed by atoms with Gasteiger partial charge in [-0.05, 0) is 24.1 Å². The van der Waals surface area contributed by atoms with Crippen LogP contribution in [-0.2, 0) is 41.7 Å². The maximum atomic E-state index is 13.4. The number of aromatic amines is 1. The molecule has 4 atom stereocenters. The summed E-state index contributed by atoms with van der Waals surface area (Å²) in [6.45, 7) is -0.673. The summed E-state index contributed by atoms with van der Waals surface area (Å²) in [5, 5.41) is 31.7. The minimum Gasteiger partial charge on any atom is -0.445 e. The number of rotatable bonds is 17. The molecule has 3 rings (SSSR count). The van der Waals surface area contributed by atoms with Crippen molar-refractivity contribution in [1.29, 1.82) is 0 Å². The molecule has 0 spiro atoms. The first-order valence-corrected chi connectivity index (χ1v) is 14.7. The van der Waals surface area contributed by atoms with Crippen molar-refractivity contribution in [2.45, 2.75) is 50.5 Å². The van der Waals surface area contributed by atoms with Gasteiger partial charge in [0.25, 0.3) is 0 Å². The van der Waals surface area contributed by atoms with Crippen molar-refractivity contribution in [3.05, 3.63) is 71.9 Å². The summed E-state index contributed by atoms with van der Waals surface area (Å²) in [5.74, 6) is -3.97. The first-order valence-electron chi connectivity index (χ1n) is 14.7. The molecule has 0 radical (unpaired) electrons. The molecule has 0 bridgehead atoms. The zero-order chi connectivity index (χ0) is 34.3. The van der Waals surface area contributed by atoms with Gasteiger partial charge in [-0.15, -0.1) is 0 Å². The normalized spacial score (nSPS) is 13.3. The first kappa shape index (κ1) is 36.0. The molecule has 0 aliphatic heterocycles. The van der Waals surface area contributed by atoms with Gasteiger partial charge in [0.05, 0.1) is 25.8 Å². The number of para-hydroxylation sites is 1. The van der Waals surface area contributed by atoms with Crippen molar-refractivity contribution < 1.29 is 43.7 Å². The van der Waals surface area contributed by atoms with Crippen molar-refractivity contribution in [2.75, 3.05) is 19.8 Å². The van der Waals surface area contributed by atoms with Crippen LogP contribution >= 0.6 is 0 Å². The molecular weight excluding hydrogens is 614 g/mol. The van der Waals surface area contributed by atoms with Crippen molar-refractivity contribution >= 4 is 46.5 Å². The smallest absolute Gasteiger partial charge is 0.408 e.